The van der Waals surface area contributed by atoms with Crippen molar-refractivity contribution in [1.82, 2.24) is 0 Å². The number of hydrogen-bond acceptors (Lipinski definition) is 2. The van der Waals surface area contributed by atoms with E-state index in [1.807, 2.05) is 0 Å². The van der Waals surface area contributed by atoms with E-state index in [9.17, 15) is 0 Å². The van der Waals surface area contributed by atoms with Gasteiger partial charge in [-0.2, -0.15) is 0 Å². The molecule has 0 heterocycles. The molecule has 4 heteroatoms. The average molecular weight is 490 g/mol. The molecule has 0 fully saturated rings. The number of thiol groups is 1. The van der Waals surface area contributed by atoms with E-state index in [1.54, 1.807) is 0 Å². The lowest BCUT2D eigenvalue weighted by atomic mass is 10.1. The Morgan fingerprint density at radius 2 is 0.742 bits per heavy atom. The quantitative estimate of drug-likeness (QED) is 0.0470. The summed E-state index contributed by atoms with van der Waals surface area (Å²) in [6.45, 7) is 6.56. The topological polar surface area (TPSA) is 0 Å². The van der Waals surface area contributed by atoms with Gasteiger partial charge in [0.25, 0.3) is 0 Å². The lowest BCUT2D eigenvalue weighted by molar-refractivity contribution is -0.691. The van der Waals surface area contributed by atoms with Crippen LogP contribution in [0.15, 0.2) is 0 Å². The molecule has 0 aromatic carbocycles. The van der Waals surface area contributed by atoms with Crippen LogP contribution < -0.4 is 0 Å². The van der Waals surface area contributed by atoms with Crippen molar-refractivity contribution in [2.75, 3.05) is 13.1 Å². The summed E-state index contributed by atoms with van der Waals surface area (Å²) in [6.07, 6.45) is 30.2. The minimum atomic E-state index is 0.479. The predicted molar refractivity (Wildman–Crippen MR) is 152 cm³/mol. The van der Waals surface area contributed by atoms with Crippen LogP contribution in [0.3, 0.4) is 0 Å². The third-order valence-corrected chi connectivity index (χ3v) is 8.13. The number of quaternary nitrogens is 1. The van der Waals surface area contributed by atoms with Crippen molar-refractivity contribution in [3.05, 3.63) is 0 Å². The van der Waals surface area contributed by atoms with E-state index in [4.69, 9.17) is 25.0 Å². The van der Waals surface area contributed by atoms with Gasteiger partial charge < -0.3 is 16.7 Å². The summed E-state index contributed by atoms with van der Waals surface area (Å²) in [5, 5.41) is 0. The molecular weight excluding hydrogens is 435 g/mol. The van der Waals surface area contributed by atoms with Gasteiger partial charge in [-0.1, -0.05) is 142 Å². The second kappa shape index (κ2) is 23.9. The van der Waals surface area contributed by atoms with Crippen LogP contribution in [0.25, 0.3) is 0 Å². The first-order chi connectivity index (χ1) is 15.1. The van der Waals surface area contributed by atoms with E-state index in [2.05, 4.69) is 26.5 Å². The summed E-state index contributed by atoms with van der Waals surface area (Å²) in [5.74, 6) is 0. The fourth-order valence-corrected chi connectivity index (χ4v) is 5.01. The van der Waals surface area contributed by atoms with Gasteiger partial charge in [-0.25, -0.2) is 0 Å². The van der Waals surface area contributed by atoms with E-state index in [-0.39, 0.29) is 0 Å². The van der Waals surface area contributed by atoms with Gasteiger partial charge in [-0.15, -0.1) is 0 Å². The van der Waals surface area contributed by atoms with Gasteiger partial charge in [-0.05, 0) is 37.9 Å². The summed E-state index contributed by atoms with van der Waals surface area (Å²) < 4.78 is 1.18. The van der Waals surface area contributed by atoms with Crippen LogP contribution in [-0.4, -0.2) is 21.3 Å². The van der Waals surface area contributed by atoms with Gasteiger partial charge in [0.2, 0.25) is 4.32 Å². The number of nitrogens with zero attached hydrogens (tertiary/aromatic N) is 1. The van der Waals surface area contributed by atoms with Gasteiger partial charge in [-0.3, -0.25) is 0 Å². The molecule has 0 radical (unpaired) electrons. The van der Waals surface area contributed by atoms with Gasteiger partial charge in [0.1, 0.15) is 0 Å². The molecule has 0 saturated carbocycles. The molecule has 1 nitrogen and oxygen atoms in total. The Morgan fingerprint density at radius 1 is 0.516 bits per heavy atom. The molecule has 0 N–H and O–H groups in total. The van der Waals surface area contributed by atoms with E-state index < -0.39 is 0 Å². The Morgan fingerprint density at radius 3 is 0.968 bits per heavy atom. The monoisotopic (exact) mass is 489 g/mol. The minimum absolute atomic E-state index is 0.479. The summed E-state index contributed by atoms with van der Waals surface area (Å²) >= 11 is 15.8. The maximum atomic E-state index is 5.89. The van der Waals surface area contributed by atoms with Crippen molar-refractivity contribution < 1.29 is 3.89 Å². The van der Waals surface area contributed by atoms with Gasteiger partial charge in [0, 0.05) is 0 Å². The molecule has 0 bridgehead atoms. The zero-order chi connectivity index (χ0) is 23.0. The molecule has 186 valence electrons. The second-order valence-corrected chi connectivity index (χ2v) is 11.5. The molecule has 31 heavy (non-hydrogen) atoms. The molecular formula is C27H55NS3. The second-order valence-electron chi connectivity index (χ2n) is 9.69. The Kier molecular flexibility index (Phi) is 24.5. The van der Waals surface area contributed by atoms with Crippen LogP contribution in [0.1, 0.15) is 155 Å². The van der Waals surface area contributed by atoms with E-state index in [1.165, 1.54) is 141 Å². The first-order valence-corrected chi connectivity index (χ1v) is 15.1. The molecule has 0 saturated heterocycles. The summed E-state index contributed by atoms with van der Waals surface area (Å²) in [6, 6.07) is 0. The third-order valence-electron chi connectivity index (χ3n) is 6.59. The van der Waals surface area contributed by atoms with Crippen LogP contribution in [0.2, 0.25) is 0 Å². The molecule has 0 unspecified atom stereocenters. The highest BCUT2D eigenvalue weighted by atomic mass is 32.1. The lowest BCUT2D eigenvalue weighted by Gasteiger charge is -2.42. The zero-order valence-electron chi connectivity index (χ0n) is 21.2. The normalized spacial score (nSPS) is 11.9. The average Bonchev–Trinajstić information content (AvgIpc) is 2.75. The van der Waals surface area contributed by atoms with Crippen molar-refractivity contribution in [1.29, 1.82) is 0 Å². The third kappa shape index (κ3) is 21.0. The summed E-state index contributed by atoms with van der Waals surface area (Å²) in [4.78, 5) is 0. The van der Waals surface area contributed by atoms with Crippen LogP contribution in [0.4, 0.5) is 0 Å². The molecule has 0 spiro atoms. The number of hydrogen-bond donors (Lipinski definition) is 1. The Bertz CT molecular complexity index is 361. The van der Waals surface area contributed by atoms with E-state index in [0.29, 0.717) is 8.21 Å². The molecule has 0 aliphatic rings. The molecule has 0 atom stereocenters. The van der Waals surface area contributed by atoms with Gasteiger partial charge in [0.05, 0.1) is 13.1 Å². The van der Waals surface area contributed by atoms with Crippen molar-refractivity contribution in [3.63, 3.8) is 0 Å². The first kappa shape index (κ1) is 31.8. The molecule has 0 aromatic heterocycles. The van der Waals surface area contributed by atoms with Crippen molar-refractivity contribution in [3.8, 4) is 0 Å². The van der Waals surface area contributed by atoms with E-state index >= 15 is 0 Å². The number of unbranched alkanes of at least 4 members (excludes halogenated alkanes) is 20. The highest BCUT2D eigenvalue weighted by molar-refractivity contribution is 8.10. The van der Waals surface area contributed by atoms with Gasteiger partial charge >= 0.3 is 0 Å². The Hall–Kier alpha value is 0.750. The molecule has 0 aliphatic carbocycles. The Labute approximate surface area is 213 Å². The van der Waals surface area contributed by atoms with Gasteiger partial charge in [0.15, 0.2) is 0 Å². The van der Waals surface area contributed by atoms with Crippen LogP contribution in [0.5, 0.6) is 0 Å². The fraction of sp³-hybridized carbons (Fsp3) is 0.963. The fourth-order valence-electron chi connectivity index (χ4n) is 4.37. The highest BCUT2D eigenvalue weighted by Gasteiger charge is 2.17. The van der Waals surface area contributed by atoms with Crippen molar-refractivity contribution in [2.24, 2.45) is 0 Å². The maximum Gasteiger partial charge on any atom is 0.212 e. The number of thiocarbonyl (C=S) groups is 1. The molecule has 0 aromatic rings. The first-order valence-electron chi connectivity index (χ1n) is 13.9. The standard InChI is InChI=1S/C27H55NS3/c1-3-5-7-9-11-13-15-17-19-21-23-25-28(31,27(29)30)26-24-22-20-18-16-14-12-10-8-6-4-2/h3-26H2,1-2H3,(H,29,30). The lowest BCUT2D eigenvalue weighted by Crippen LogP contribution is -2.46. The predicted octanol–water partition coefficient (Wildman–Crippen LogP) is 10.1. The number of rotatable bonds is 24. The molecule has 0 rings (SSSR count). The smallest absolute Gasteiger partial charge is 0.212 e. The molecule has 0 amide bonds. The molecule has 0 aliphatic heterocycles. The minimum Gasteiger partial charge on any atom is -0.486 e. The SMILES string of the molecule is CCCCCCCCCCCCC[N+]([S-])(CCCCCCCCCCCCC)C(=S)S. The van der Waals surface area contributed by atoms with Crippen molar-refractivity contribution in [2.45, 2.75) is 155 Å². The van der Waals surface area contributed by atoms with Crippen LogP contribution >= 0.6 is 24.8 Å². The van der Waals surface area contributed by atoms with E-state index in [0.717, 1.165) is 13.1 Å². The largest absolute Gasteiger partial charge is 0.486 e. The maximum absolute atomic E-state index is 5.89. The highest BCUT2D eigenvalue weighted by Crippen LogP contribution is 2.18. The van der Waals surface area contributed by atoms with Crippen molar-refractivity contribution >= 4 is 42.0 Å². The summed E-state index contributed by atoms with van der Waals surface area (Å²) in [5.41, 5.74) is 0. The zero-order valence-corrected chi connectivity index (χ0v) is 23.7. The summed E-state index contributed by atoms with van der Waals surface area (Å²) in [7, 11) is 0. The van der Waals surface area contributed by atoms with Crippen LogP contribution in [0, 0.1) is 0 Å². The Balaban J connectivity index is 3.62. The van der Waals surface area contributed by atoms with Crippen LogP contribution in [-0.2, 0) is 12.8 Å².